The van der Waals surface area contributed by atoms with Crippen molar-refractivity contribution in [3.05, 3.63) is 46.7 Å². The molecule has 0 aliphatic heterocycles. The van der Waals surface area contributed by atoms with Crippen molar-refractivity contribution in [2.75, 3.05) is 7.05 Å². The zero-order chi connectivity index (χ0) is 16.8. The molecule has 1 fully saturated rings. The summed E-state index contributed by atoms with van der Waals surface area (Å²) < 4.78 is 8.03. The Labute approximate surface area is 161 Å². The van der Waals surface area contributed by atoms with Crippen LogP contribution in [0.4, 0.5) is 0 Å². The summed E-state index contributed by atoms with van der Waals surface area (Å²) in [5.74, 6) is 1.58. The number of benzene rings is 1. The summed E-state index contributed by atoms with van der Waals surface area (Å²) in [6.45, 7) is 2.23. The monoisotopic (exact) mass is 383 g/mol. The van der Waals surface area contributed by atoms with Crippen molar-refractivity contribution < 1.29 is 4.74 Å². The largest absolute Gasteiger partial charge is 0.486 e. The fourth-order valence-corrected chi connectivity index (χ4v) is 3.60. The molecule has 138 valence electrons. The van der Waals surface area contributed by atoms with E-state index in [2.05, 4.69) is 16.1 Å². The molecule has 25 heavy (non-hydrogen) atoms. The predicted octanol–water partition coefficient (Wildman–Crippen LogP) is 4.84. The Bertz CT molecular complexity index is 654. The highest BCUT2D eigenvalue weighted by atomic mass is 35.5. The van der Waals surface area contributed by atoms with E-state index in [0.29, 0.717) is 11.6 Å². The minimum absolute atomic E-state index is 0. The summed E-state index contributed by atoms with van der Waals surface area (Å²) in [7, 11) is 1.94. The third-order valence-electron chi connectivity index (χ3n) is 4.71. The molecule has 1 aliphatic carbocycles. The molecule has 1 aromatic carbocycles. The highest BCUT2D eigenvalue weighted by molar-refractivity contribution is 6.32. The van der Waals surface area contributed by atoms with Crippen LogP contribution in [0.1, 0.15) is 43.5 Å². The topological polar surface area (TPSA) is 39.1 Å². The summed E-state index contributed by atoms with van der Waals surface area (Å²) in [4.78, 5) is 0. The maximum atomic E-state index is 6.18. The van der Waals surface area contributed by atoms with E-state index >= 15 is 0 Å². The number of aryl methyl sites for hydroxylation is 1. The molecular formula is C19H27Cl2N3O. The van der Waals surface area contributed by atoms with Crippen LogP contribution in [0.25, 0.3) is 0 Å². The molecule has 0 unspecified atom stereocenters. The summed E-state index contributed by atoms with van der Waals surface area (Å²) >= 11 is 6.18. The van der Waals surface area contributed by atoms with E-state index in [0.717, 1.165) is 36.1 Å². The first-order chi connectivity index (χ1) is 11.8. The number of hydrogen-bond acceptors (Lipinski definition) is 3. The number of halogens is 2. The van der Waals surface area contributed by atoms with Gasteiger partial charge in [-0.25, -0.2) is 0 Å². The number of nitrogens with zero attached hydrogens (tertiary/aromatic N) is 2. The molecule has 4 nitrogen and oxygen atoms in total. The van der Waals surface area contributed by atoms with Gasteiger partial charge in [0.1, 0.15) is 12.4 Å². The van der Waals surface area contributed by atoms with E-state index in [1.807, 2.05) is 31.3 Å². The Morgan fingerprint density at radius 2 is 2.04 bits per heavy atom. The lowest BCUT2D eigenvalue weighted by molar-refractivity contribution is 0.288. The minimum Gasteiger partial charge on any atom is -0.486 e. The van der Waals surface area contributed by atoms with Crippen molar-refractivity contribution >= 4 is 24.0 Å². The molecule has 1 N–H and O–H groups in total. The van der Waals surface area contributed by atoms with Gasteiger partial charge in [0.25, 0.3) is 0 Å². The van der Waals surface area contributed by atoms with Gasteiger partial charge < -0.3 is 10.1 Å². The average Bonchev–Trinajstić information content (AvgIpc) is 3.22. The molecule has 0 radical (unpaired) electrons. The standard InChI is InChI=1S/C19H26ClN3O.ClH/c1-21-13-16-12-17(14-24-19-9-5-4-8-18(19)20)23(22-16)11-10-15-6-2-3-7-15;/h4-5,8-9,12,15,21H,2-3,6-7,10-11,13-14H2,1H3;1H. The molecule has 0 amide bonds. The Morgan fingerprint density at radius 3 is 2.76 bits per heavy atom. The zero-order valence-corrected chi connectivity index (χ0v) is 16.3. The van der Waals surface area contributed by atoms with Crippen LogP contribution in [0, 0.1) is 5.92 Å². The predicted molar refractivity (Wildman–Crippen MR) is 105 cm³/mol. The van der Waals surface area contributed by atoms with E-state index in [-0.39, 0.29) is 12.4 Å². The molecule has 0 bridgehead atoms. The Morgan fingerprint density at radius 1 is 1.28 bits per heavy atom. The molecule has 1 saturated carbocycles. The molecule has 0 saturated heterocycles. The first kappa shape index (κ1) is 20.1. The number of rotatable bonds is 8. The van der Waals surface area contributed by atoms with Crippen LogP contribution in [-0.2, 0) is 19.7 Å². The Balaban J connectivity index is 0.00000225. The van der Waals surface area contributed by atoms with Crippen molar-refractivity contribution in [2.24, 2.45) is 5.92 Å². The maximum Gasteiger partial charge on any atom is 0.138 e. The van der Waals surface area contributed by atoms with Gasteiger partial charge >= 0.3 is 0 Å². The van der Waals surface area contributed by atoms with Crippen LogP contribution in [0.2, 0.25) is 5.02 Å². The van der Waals surface area contributed by atoms with Gasteiger partial charge in [-0.2, -0.15) is 5.10 Å². The van der Waals surface area contributed by atoms with Gasteiger partial charge in [-0.05, 0) is 37.6 Å². The average molecular weight is 384 g/mol. The smallest absolute Gasteiger partial charge is 0.138 e. The van der Waals surface area contributed by atoms with Crippen LogP contribution in [0.3, 0.4) is 0 Å². The van der Waals surface area contributed by atoms with Gasteiger partial charge in [0.2, 0.25) is 0 Å². The molecule has 6 heteroatoms. The van der Waals surface area contributed by atoms with Crippen LogP contribution in [0.5, 0.6) is 5.75 Å². The second-order valence-corrected chi connectivity index (χ2v) is 6.95. The van der Waals surface area contributed by atoms with Gasteiger partial charge in [-0.15, -0.1) is 12.4 Å². The molecule has 1 aromatic heterocycles. The zero-order valence-electron chi connectivity index (χ0n) is 14.7. The number of hydrogen-bond donors (Lipinski definition) is 1. The molecule has 3 rings (SSSR count). The molecule has 1 heterocycles. The molecule has 0 spiro atoms. The van der Waals surface area contributed by atoms with Crippen LogP contribution in [0.15, 0.2) is 30.3 Å². The molecule has 1 aliphatic rings. The minimum atomic E-state index is 0. The second-order valence-electron chi connectivity index (χ2n) is 6.54. The quantitative estimate of drug-likeness (QED) is 0.708. The third kappa shape index (κ3) is 5.63. The first-order valence-corrected chi connectivity index (χ1v) is 9.21. The van der Waals surface area contributed by atoms with Crippen molar-refractivity contribution in [3.8, 4) is 5.75 Å². The van der Waals surface area contributed by atoms with Crippen molar-refractivity contribution in [1.29, 1.82) is 0 Å². The van der Waals surface area contributed by atoms with E-state index in [1.54, 1.807) is 0 Å². The normalized spacial score (nSPS) is 14.5. The lowest BCUT2D eigenvalue weighted by atomic mass is 10.0. The summed E-state index contributed by atoms with van der Waals surface area (Å²) in [5.41, 5.74) is 2.17. The number of para-hydroxylation sites is 1. The van der Waals surface area contributed by atoms with Gasteiger partial charge in [-0.1, -0.05) is 49.4 Å². The van der Waals surface area contributed by atoms with Gasteiger partial charge in [0.05, 0.1) is 16.4 Å². The van der Waals surface area contributed by atoms with Gasteiger partial charge in [0, 0.05) is 13.1 Å². The molecule has 0 atom stereocenters. The Hall–Kier alpha value is -1.23. The van der Waals surface area contributed by atoms with Crippen LogP contribution >= 0.6 is 24.0 Å². The van der Waals surface area contributed by atoms with E-state index in [1.165, 1.54) is 32.1 Å². The van der Waals surface area contributed by atoms with Crippen molar-refractivity contribution in [3.63, 3.8) is 0 Å². The molecule has 2 aromatic rings. The van der Waals surface area contributed by atoms with Crippen molar-refractivity contribution in [1.82, 2.24) is 15.1 Å². The lowest BCUT2D eigenvalue weighted by Crippen LogP contribution is -2.11. The van der Waals surface area contributed by atoms with Crippen LogP contribution < -0.4 is 10.1 Å². The van der Waals surface area contributed by atoms with Gasteiger partial charge in [-0.3, -0.25) is 4.68 Å². The van der Waals surface area contributed by atoms with Gasteiger partial charge in [0.15, 0.2) is 0 Å². The second kappa shape index (κ2) is 10.0. The summed E-state index contributed by atoms with van der Waals surface area (Å²) in [6.07, 6.45) is 6.72. The number of ether oxygens (including phenoxy) is 1. The lowest BCUT2D eigenvalue weighted by Gasteiger charge is -2.12. The summed E-state index contributed by atoms with van der Waals surface area (Å²) in [5, 5.41) is 8.55. The first-order valence-electron chi connectivity index (χ1n) is 8.84. The maximum absolute atomic E-state index is 6.18. The van der Waals surface area contributed by atoms with Crippen LogP contribution in [-0.4, -0.2) is 16.8 Å². The third-order valence-corrected chi connectivity index (χ3v) is 5.02. The number of aromatic nitrogens is 2. The summed E-state index contributed by atoms with van der Waals surface area (Å²) in [6, 6.07) is 9.72. The highest BCUT2D eigenvalue weighted by Gasteiger charge is 2.16. The van der Waals surface area contributed by atoms with E-state index in [4.69, 9.17) is 21.4 Å². The van der Waals surface area contributed by atoms with E-state index in [9.17, 15) is 0 Å². The molecular weight excluding hydrogens is 357 g/mol. The fourth-order valence-electron chi connectivity index (χ4n) is 3.41. The highest BCUT2D eigenvalue weighted by Crippen LogP contribution is 2.28. The van der Waals surface area contributed by atoms with Crippen molar-refractivity contribution in [2.45, 2.75) is 51.8 Å². The SMILES string of the molecule is CNCc1cc(COc2ccccc2Cl)n(CCC2CCCC2)n1.Cl. The van der Waals surface area contributed by atoms with E-state index < -0.39 is 0 Å². The number of nitrogens with one attached hydrogen (secondary N) is 1. The Kier molecular flexibility index (Phi) is 8.07. The fraction of sp³-hybridized carbons (Fsp3) is 0.526.